The van der Waals surface area contributed by atoms with E-state index in [1.807, 2.05) is 0 Å². The summed E-state index contributed by atoms with van der Waals surface area (Å²) in [5, 5.41) is 0. The minimum Gasteiger partial charge on any atom is -0.336 e. The molecule has 1 saturated heterocycles. The van der Waals surface area contributed by atoms with Crippen molar-refractivity contribution >= 4 is 5.91 Å². The molecular formula is C15H21F2N3O. The van der Waals surface area contributed by atoms with Gasteiger partial charge in [0.2, 0.25) is 0 Å². The number of nitrogens with zero attached hydrogens (tertiary/aromatic N) is 2. The molecule has 2 N–H and O–H groups in total. The maximum atomic E-state index is 13.2. The number of hydrogen-bond donors (Lipinski definition) is 1. The number of carbonyl (C=O) groups excluding carboxylic acids is 1. The fourth-order valence-corrected chi connectivity index (χ4v) is 2.46. The van der Waals surface area contributed by atoms with Gasteiger partial charge in [-0.3, -0.25) is 9.69 Å². The largest absolute Gasteiger partial charge is 0.336 e. The zero-order chi connectivity index (χ0) is 15.6. The summed E-state index contributed by atoms with van der Waals surface area (Å²) >= 11 is 0. The van der Waals surface area contributed by atoms with Crippen molar-refractivity contribution in [3.05, 3.63) is 35.4 Å². The topological polar surface area (TPSA) is 49.6 Å². The smallest absolute Gasteiger partial charge is 0.254 e. The summed E-state index contributed by atoms with van der Waals surface area (Å²) in [6, 6.07) is 3.25. The number of carbonyl (C=O) groups is 1. The summed E-state index contributed by atoms with van der Waals surface area (Å²) in [7, 11) is 0. The highest BCUT2D eigenvalue weighted by atomic mass is 19.2. The number of piperazine rings is 1. The van der Waals surface area contributed by atoms with E-state index in [1.165, 1.54) is 6.07 Å². The summed E-state index contributed by atoms with van der Waals surface area (Å²) in [6.45, 7) is 7.24. The van der Waals surface area contributed by atoms with Crippen molar-refractivity contribution in [1.29, 1.82) is 0 Å². The number of amides is 1. The van der Waals surface area contributed by atoms with E-state index in [-0.39, 0.29) is 17.0 Å². The van der Waals surface area contributed by atoms with E-state index >= 15 is 0 Å². The molecular weight excluding hydrogens is 276 g/mol. The lowest BCUT2D eigenvalue weighted by atomic mass is 10.0. The maximum Gasteiger partial charge on any atom is 0.254 e. The first-order valence-electron chi connectivity index (χ1n) is 7.04. The Morgan fingerprint density at radius 2 is 1.81 bits per heavy atom. The quantitative estimate of drug-likeness (QED) is 0.919. The van der Waals surface area contributed by atoms with Gasteiger partial charge in [-0.2, -0.15) is 0 Å². The van der Waals surface area contributed by atoms with E-state index in [4.69, 9.17) is 5.73 Å². The van der Waals surface area contributed by atoms with Gasteiger partial charge >= 0.3 is 0 Å². The highest BCUT2D eigenvalue weighted by molar-refractivity contribution is 5.94. The zero-order valence-corrected chi connectivity index (χ0v) is 12.4. The van der Waals surface area contributed by atoms with Crippen LogP contribution in [-0.4, -0.2) is 54.0 Å². The van der Waals surface area contributed by atoms with E-state index in [0.717, 1.165) is 25.2 Å². The van der Waals surface area contributed by atoms with Crippen molar-refractivity contribution in [3.63, 3.8) is 0 Å². The fraction of sp³-hybridized carbons (Fsp3) is 0.533. The molecule has 116 valence electrons. The maximum absolute atomic E-state index is 13.2. The van der Waals surface area contributed by atoms with E-state index in [0.29, 0.717) is 19.6 Å². The Balaban J connectivity index is 2.02. The van der Waals surface area contributed by atoms with Gasteiger partial charge in [0.1, 0.15) is 0 Å². The molecule has 0 atom stereocenters. The summed E-state index contributed by atoms with van der Waals surface area (Å²) in [5.74, 6) is -2.20. The molecule has 1 aliphatic heterocycles. The third-order valence-electron chi connectivity index (χ3n) is 4.09. The number of rotatable bonds is 3. The van der Waals surface area contributed by atoms with Crippen LogP contribution < -0.4 is 5.73 Å². The summed E-state index contributed by atoms with van der Waals surface area (Å²) in [6.07, 6.45) is 0. The van der Waals surface area contributed by atoms with Crippen LogP contribution in [-0.2, 0) is 0 Å². The molecule has 1 fully saturated rings. The van der Waals surface area contributed by atoms with Gasteiger partial charge in [-0.05, 0) is 32.0 Å². The number of hydrogen-bond acceptors (Lipinski definition) is 3. The lowest BCUT2D eigenvalue weighted by Crippen LogP contribution is -2.58. The Morgan fingerprint density at radius 1 is 1.19 bits per heavy atom. The standard InChI is InChI=1S/C15H21F2N3O/c1-15(2,10-18)20-7-5-19(6-8-20)14(21)11-3-4-12(16)13(17)9-11/h3-4,9H,5-8,10,18H2,1-2H3. The second kappa shape index (κ2) is 6.07. The van der Waals surface area contributed by atoms with Crippen LogP contribution in [0.3, 0.4) is 0 Å². The molecule has 1 amide bonds. The van der Waals surface area contributed by atoms with E-state index in [2.05, 4.69) is 18.7 Å². The molecule has 0 aromatic heterocycles. The lowest BCUT2D eigenvalue weighted by Gasteiger charge is -2.43. The molecule has 1 heterocycles. The van der Waals surface area contributed by atoms with E-state index in [1.54, 1.807) is 4.90 Å². The zero-order valence-electron chi connectivity index (χ0n) is 12.4. The van der Waals surface area contributed by atoms with Crippen LogP contribution in [0.25, 0.3) is 0 Å². The number of benzene rings is 1. The van der Waals surface area contributed by atoms with Crippen molar-refractivity contribution in [2.75, 3.05) is 32.7 Å². The summed E-state index contributed by atoms with van der Waals surface area (Å²) < 4.78 is 26.1. The highest BCUT2D eigenvalue weighted by Crippen LogP contribution is 2.17. The second-order valence-corrected chi connectivity index (χ2v) is 5.92. The Bertz CT molecular complexity index is 526. The minimum atomic E-state index is -0.997. The van der Waals surface area contributed by atoms with Gasteiger partial charge < -0.3 is 10.6 Å². The molecule has 0 bridgehead atoms. The van der Waals surface area contributed by atoms with Crippen LogP contribution in [0.5, 0.6) is 0 Å². The van der Waals surface area contributed by atoms with Crippen molar-refractivity contribution in [2.24, 2.45) is 5.73 Å². The van der Waals surface area contributed by atoms with Gasteiger partial charge in [0, 0.05) is 43.8 Å². The summed E-state index contributed by atoms with van der Waals surface area (Å²) in [5.41, 5.74) is 5.83. The van der Waals surface area contributed by atoms with Crippen LogP contribution in [0.2, 0.25) is 0 Å². The number of nitrogens with two attached hydrogens (primary N) is 1. The van der Waals surface area contributed by atoms with Gasteiger partial charge in [-0.25, -0.2) is 8.78 Å². The van der Waals surface area contributed by atoms with Crippen molar-refractivity contribution in [2.45, 2.75) is 19.4 Å². The van der Waals surface area contributed by atoms with Crippen LogP contribution in [0, 0.1) is 11.6 Å². The van der Waals surface area contributed by atoms with Crippen LogP contribution in [0.15, 0.2) is 18.2 Å². The molecule has 1 aromatic carbocycles. The molecule has 0 saturated carbocycles. The molecule has 21 heavy (non-hydrogen) atoms. The molecule has 4 nitrogen and oxygen atoms in total. The summed E-state index contributed by atoms with van der Waals surface area (Å²) in [4.78, 5) is 16.2. The number of halogens is 2. The van der Waals surface area contributed by atoms with E-state index < -0.39 is 11.6 Å². The fourth-order valence-electron chi connectivity index (χ4n) is 2.46. The average Bonchev–Trinajstić information content (AvgIpc) is 2.49. The van der Waals surface area contributed by atoms with Crippen LogP contribution >= 0.6 is 0 Å². The van der Waals surface area contributed by atoms with Crippen molar-refractivity contribution in [3.8, 4) is 0 Å². The molecule has 2 rings (SSSR count). The average molecular weight is 297 g/mol. The molecule has 1 aromatic rings. The Labute approximate surface area is 123 Å². The predicted molar refractivity (Wildman–Crippen MR) is 77.0 cm³/mol. The predicted octanol–water partition coefficient (Wildman–Crippen LogP) is 1.46. The third-order valence-corrected chi connectivity index (χ3v) is 4.09. The Morgan fingerprint density at radius 3 is 2.33 bits per heavy atom. The van der Waals surface area contributed by atoms with Crippen molar-refractivity contribution in [1.82, 2.24) is 9.80 Å². The Kier molecular flexibility index (Phi) is 4.58. The van der Waals surface area contributed by atoms with Crippen LogP contribution in [0.1, 0.15) is 24.2 Å². The molecule has 0 radical (unpaired) electrons. The van der Waals surface area contributed by atoms with Gasteiger partial charge in [0.25, 0.3) is 5.91 Å². The lowest BCUT2D eigenvalue weighted by molar-refractivity contribution is 0.0426. The second-order valence-electron chi connectivity index (χ2n) is 5.92. The first kappa shape index (κ1) is 15.9. The third kappa shape index (κ3) is 3.39. The van der Waals surface area contributed by atoms with Gasteiger partial charge in [-0.15, -0.1) is 0 Å². The van der Waals surface area contributed by atoms with Gasteiger partial charge in [0.05, 0.1) is 0 Å². The molecule has 0 aliphatic carbocycles. The highest BCUT2D eigenvalue weighted by Gasteiger charge is 2.30. The molecule has 0 spiro atoms. The van der Waals surface area contributed by atoms with Crippen LogP contribution in [0.4, 0.5) is 8.78 Å². The molecule has 1 aliphatic rings. The van der Waals surface area contributed by atoms with Gasteiger partial charge in [0.15, 0.2) is 11.6 Å². The Hall–Kier alpha value is -1.53. The molecule has 6 heteroatoms. The first-order valence-corrected chi connectivity index (χ1v) is 7.04. The van der Waals surface area contributed by atoms with Crippen molar-refractivity contribution < 1.29 is 13.6 Å². The first-order chi connectivity index (χ1) is 9.85. The monoisotopic (exact) mass is 297 g/mol. The molecule has 0 unspecified atom stereocenters. The van der Waals surface area contributed by atoms with Gasteiger partial charge in [-0.1, -0.05) is 0 Å². The SMILES string of the molecule is CC(C)(CN)N1CCN(C(=O)c2ccc(F)c(F)c2)CC1. The minimum absolute atomic E-state index is 0.100. The normalized spacial score (nSPS) is 17.1. The van der Waals surface area contributed by atoms with E-state index in [9.17, 15) is 13.6 Å².